The second kappa shape index (κ2) is 28.3. The summed E-state index contributed by atoms with van der Waals surface area (Å²) in [6.45, 7) is 12.3. The summed E-state index contributed by atoms with van der Waals surface area (Å²) in [7, 11) is -10.1. The molecule has 0 unspecified atom stereocenters. The van der Waals surface area contributed by atoms with Gasteiger partial charge in [-0.15, -0.1) is 0 Å². The van der Waals surface area contributed by atoms with Crippen molar-refractivity contribution in [2.24, 2.45) is 0 Å². The lowest BCUT2D eigenvalue weighted by molar-refractivity contribution is 0.0950. The monoisotopic (exact) mass is 1340 g/mol. The van der Waals surface area contributed by atoms with E-state index >= 15 is 0 Å². The number of hydrogen-bond donors (Lipinski definition) is 6. The SMILES string of the molecule is CC(C)S(=O)(=O)c1ccc(-c2cnc3[nH]cc(C(=O)Nc4ccc(C#N)cc4)c3n2)cc1.CC(C)S(=O)(=O)c1ccc(-c2cnc3[nH]cc(C(=O)Nc4cccc(C#N)c4)c3n2)cc1.Cc1ccccc1CNC(=O)c1c[nH]c2ncc(-c3ccc(S(=O)(=O)C(C)C)cc3)nc12. The summed E-state index contributed by atoms with van der Waals surface area (Å²) in [6.07, 6.45) is 9.37. The summed E-state index contributed by atoms with van der Waals surface area (Å²) < 4.78 is 74.0. The van der Waals surface area contributed by atoms with Gasteiger partial charge in [-0.2, -0.15) is 10.5 Å². The molecule has 0 radical (unpaired) electrons. The van der Waals surface area contributed by atoms with Crippen LogP contribution < -0.4 is 16.0 Å². The van der Waals surface area contributed by atoms with Gasteiger partial charge in [0.1, 0.15) is 16.6 Å². The second-order valence-electron chi connectivity index (χ2n) is 22.7. The molecule has 0 aliphatic rings. The molecular formula is C70H62N14O9S3. The van der Waals surface area contributed by atoms with E-state index in [1.165, 1.54) is 12.4 Å². The van der Waals surface area contributed by atoms with Crippen molar-refractivity contribution in [1.29, 1.82) is 10.5 Å². The maximum absolute atomic E-state index is 12.8. The van der Waals surface area contributed by atoms with Crippen molar-refractivity contribution in [3.63, 3.8) is 0 Å². The van der Waals surface area contributed by atoms with Gasteiger partial charge in [-0.1, -0.05) is 66.7 Å². The van der Waals surface area contributed by atoms with Gasteiger partial charge in [0.15, 0.2) is 46.5 Å². The third kappa shape index (κ3) is 14.8. The Morgan fingerprint density at radius 3 is 1.20 bits per heavy atom. The minimum Gasteiger partial charge on any atom is -0.348 e. The number of H-pyrrole nitrogens is 3. The normalized spacial score (nSPS) is 11.5. The van der Waals surface area contributed by atoms with E-state index in [-0.39, 0.29) is 26.5 Å². The lowest BCUT2D eigenvalue weighted by Gasteiger charge is -2.09. The van der Waals surface area contributed by atoms with Crippen molar-refractivity contribution < 1.29 is 39.6 Å². The van der Waals surface area contributed by atoms with Crippen LogP contribution in [0.1, 0.15) is 94.9 Å². The number of sulfone groups is 3. The standard InChI is InChI=1S/C24H24N4O3S.2C23H19N5O3S/c1-15(2)32(30,31)19-10-8-17(9-11-19)21-14-26-23-22(28-21)20(13-25-23)24(29)27-12-18-7-5-4-6-16(18)3;1-14(2)32(30,31)18-9-5-16(6-10-18)20-13-26-22-21(28-20)19(12-25-22)23(29)27-17-7-3-15(11-24)4-8-17;1-14(2)32(30,31)18-8-6-16(7-9-18)20-13-26-22-21(28-20)19(12-25-22)23(29)27-17-5-3-4-15(10-17)11-24/h4-11,13-15H,12H2,1-3H3,(H,25,26)(H,27,29);2*3-10,12-14H,1-2H3,(H,25,26)(H,27,29). The van der Waals surface area contributed by atoms with E-state index in [1.54, 1.807) is 188 Å². The van der Waals surface area contributed by atoms with Crippen LogP contribution in [0.5, 0.6) is 0 Å². The van der Waals surface area contributed by atoms with Gasteiger partial charge in [0.25, 0.3) is 17.7 Å². The van der Waals surface area contributed by atoms with Gasteiger partial charge in [-0.25, -0.2) is 55.2 Å². The molecule has 0 saturated carbocycles. The van der Waals surface area contributed by atoms with Crippen LogP contribution in [0.2, 0.25) is 0 Å². The molecule has 0 fully saturated rings. The molecule has 484 valence electrons. The Morgan fingerprint density at radius 2 is 0.823 bits per heavy atom. The molecule has 23 nitrogen and oxygen atoms in total. The Morgan fingerprint density at radius 1 is 0.448 bits per heavy atom. The van der Waals surface area contributed by atoms with Crippen LogP contribution in [0.25, 0.3) is 67.3 Å². The highest BCUT2D eigenvalue weighted by molar-refractivity contribution is 7.92. The van der Waals surface area contributed by atoms with Crippen LogP contribution in [0.4, 0.5) is 11.4 Å². The zero-order valence-corrected chi connectivity index (χ0v) is 55.2. The number of aryl methyl sites for hydroxylation is 1. The maximum atomic E-state index is 12.8. The molecule has 0 aliphatic carbocycles. The van der Waals surface area contributed by atoms with Crippen molar-refractivity contribution in [3.05, 3.63) is 222 Å². The molecule has 0 aliphatic heterocycles. The summed E-state index contributed by atoms with van der Waals surface area (Å²) in [6, 6.07) is 44.5. The fourth-order valence-electron chi connectivity index (χ4n) is 9.64. The largest absolute Gasteiger partial charge is 0.348 e. The van der Waals surface area contributed by atoms with Gasteiger partial charge in [0.2, 0.25) is 0 Å². The number of fused-ring (bicyclic) bond motifs is 3. The maximum Gasteiger partial charge on any atom is 0.259 e. The number of carbonyl (C=O) groups excluding carboxylic acids is 3. The molecule has 0 atom stereocenters. The van der Waals surface area contributed by atoms with Crippen LogP contribution in [0.3, 0.4) is 0 Å². The van der Waals surface area contributed by atoms with Crippen molar-refractivity contribution >= 4 is 92.1 Å². The first-order valence-corrected chi connectivity index (χ1v) is 34.5. The van der Waals surface area contributed by atoms with E-state index in [4.69, 9.17) is 10.5 Å². The van der Waals surface area contributed by atoms with Crippen LogP contribution in [0, 0.1) is 29.6 Å². The van der Waals surface area contributed by atoms with Crippen molar-refractivity contribution in [1.82, 2.24) is 50.2 Å². The van der Waals surface area contributed by atoms with Crippen molar-refractivity contribution in [2.75, 3.05) is 10.6 Å². The van der Waals surface area contributed by atoms with E-state index < -0.39 is 51.2 Å². The summed E-state index contributed by atoms with van der Waals surface area (Å²) in [5, 5.41) is 24.9. The number of nitrogens with one attached hydrogen (secondary N) is 6. The fraction of sp³-hybridized carbons (Fsp3) is 0.157. The Hall–Kier alpha value is -11.6. The van der Waals surface area contributed by atoms with Gasteiger partial charge < -0.3 is 30.9 Å². The lowest BCUT2D eigenvalue weighted by atomic mass is 10.1. The molecule has 3 amide bonds. The molecule has 0 spiro atoms. The number of hydrogen-bond acceptors (Lipinski definition) is 17. The zero-order chi connectivity index (χ0) is 68.6. The number of rotatable bonds is 16. The molecule has 0 saturated heterocycles. The topological polar surface area (TPSA) is 362 Å². The van der Waals surface area contributed by atoms with E-state index in [9.17, 15) is 39.6 Å². The summed E-state index contributed by atoms with van der Waals surface area (Å²) in [4.78, 5) is 74.8. The number of carbonyl (C=O) groups is 3. The molecule has 6 aromatic carbocycles. The summed E-state index contributed by atoms with van der Waals surface area (Å²) in [5.41, 5.74) is 11.5. The molecule has 6 heterocycles. The van der Waals surface area contributed by atoms with Crippen molar-refractivity contribution in [2.45, 2.75) is 85.4 Å². The molecule has 6 aromatic heterocycles. The van der Waals surface area contributed by atoms with Crippen LogP contribution in [0.15, 0.2) is 197 Å². The average Bonchev–Trinajstić information content (AvgIpc) is 1.59. The van der Waals surface area contributed by atoms with Gasteiger partial charge >= 0.3 is 0 Å². The number of nitriles is 2. The van der Waals surface area contributed by atoms with Gasteiger partial charge in [0.05, 0.1) is 106 Å². The fourth-order valence-corrected chi connectivity index (χ4v) is 12.8. The second-order valence-corrected chi connectivity index (χ2v) is 30.2. The Kier molecular flexibility index (Phi) is 19.9. The Labute approximate surface area is 553 Å². The highest BCUT2D eigenvalue weighted by Crippen LogP contribution is 2.29. The van der Waals surface area contributed by atoms with E-state index in [1.807, 2.05) is 43.3 Å². The molecule has 96 heavy (non-hydrogen) atoms. The number of nitrogens with zero attached hydrogens (tertiary/aromatic N) is 8. The summed E-state index contributed by atoms with van der Waals surface area (Å²) >= 11 is 0. The molecular weight excluding hydrogens is 1280 g/mol. The first-order chi connectivity index (χ1) is 45.8. The minimum absolute atomic E-state index is 0.242. The summed E-state index contributed by atoms with van der Waals surface area (Å²) in [5.74, 6) is -1.01. The number of aromatic nitrogens is 9. The van der Waals surface area contributed by atoms with E-state index in [0.29, 0.717) is 107 Å². The predicted octanol–water partition coefficient (Wildman–Crippen LogP) is 11.9. The van der Waals surface area contributed by atoms with Gasteiger partial charge in [-0.3, -0.25) is 14.4 Å². The number of anilines is 2. The van der Waals surface area contributed by atoms with Crippen LogP contribution in [-0.4, -0.2) is 104 Å². The number of amides is 3. The zero-order valence-electron chi connectivity index (χ0n) is 52.7. The third-order valence-corrected chi connectivity index (χ3v) is 21.9. The molecule has 0 bridgehead atoms. The van der Waals surface area contributed by atoms with E-state index in [2.05, 4.69) is 60.8 Å². The lowest BCUT2D eigenvalue weighted by Crippen LogP contribution is -2.23. The predicted molar refractivity (Wildman–Crippen MR) is 366 cm³/mol. The molecule has 12 rings (SSSR count). The first kappa shape index (κ1) is 67.3. The Bertz CT molecular complexity index is 5370. The van der Waals surface area contributed by atoms with Crippen molar-refractivity contribution in [3.8, 4) is 45.9 Å². The van der Waals surface area contributed by atoms with Crippen LogP contribution in [-0.2, 0) is 36.1 Å². The Balaban J connectivity index is 0.000000157. The van der Waals surface area contributed by atoms with Gasteiger partial charge in [-0.05, 0) is 138 Å². The highest BCUT2D eigenvalue weighted by atomic mass is 32.2. The quantitative estimate of drug-likeness (QED) is 0.0523. The molecule has 12 aromatic rings. The highest BCUT2D eigenvalue weighted by Gasteiger charge is 2.24. The first-order valence-electron chi connectivity index (χ1n) is 29.9. The van der Waals surface area contributed by atoms with Crippen LogP contribution >= 0.6 is 0 Å². The smallest absolute Gasteiger partial charge is 0.259 e. The van der Waals surface area contributed by atoms with E-state index in [0.717, 1.165) is 16.7 Å². The minimum atomic E-state index is -3.37. The molecule has 26 heteroatoms. The number of aromatic amines is 3. The van der Waals surface area contributed by atoms with Gasteiger partial charge in [0, 0.05) is 53.2 Å². The molecule has 6 N–H and O–H groups in total. The third-order valence-electron chi connectivity index (χ3n) is 15.4. The number of benzene rings is 6. The average molecular weight is 1340 g/mol.